The third-order valence-corrected chi connectivity index (χ3v) is 5.21. The van der Waals surface area contributed by atoms with Crippen molar-refractivity contribution in [3.05, 3.63) is 57.2 Å². The van der Waals surface area contributed by atoms with Crippen molar-refractivity contribution in [3.8, 4) is 11.1 Å². The highest BCUT2D eigenvalue weighted by Crippen LogP contribution is 2.31. The van der Waals surface area contributed by atoms with Crippen LogP contribution >= 0.6 is 22.9 Å². The van der Waals surface area contributed by atoms with E-state index in [9.17, 15) is 4.79 Å². The quantitative estimate of drug-likeness (QED) is 0.526. The van der Waals surface area contributed by atoms with E-state index in [1.807, 2.05) is 29.6 Å². The Morgan fingerprint density at radius 2 is 2.04 bits per heavy atom. The highest BCUT2D eigenvalue weighted by Gasteiger charge is 2.15. The Morgan fingerprint density at radius 3 is 2.81 bits per heavy atom. The van der Waals surface area contributed by atoms with Gasteiger partial charge in [0.2, 0.25) is 0 Å². The van der Waals surface area contributed by atoms with Crippen LogP contribution in [-0.2, 0) is 13.1 Å². The molecule has 4 rings (SSSR count). The zero-order chi connectivity index (χ0) is 18.1. The van der Waals surface area contributed by atoms with Gasteiger partial charge < -0.3 is 0 Å². The lowest BCUT2D eigenvalue weighted by Gasteiger charge is -2.06. The molecule has 0 saturated carbocycles. The van der Waals surface area contributed by atoms with E-state index in [0.29, 0.717) is 27.6 Å². The third kappa shape index (κ3) is 3.02. The van der Waals surface area contributed by atoms with Crippen LogP contribution in [0.2, 0.25) is 5.02 Å². The highest BCUT2D eigenvalue weighted by molar-refractivity contribution is 7.17. The molecule has 0 amide bonds. The lowest BCUT2D eigenvalue weighted by molar-refractivity contribution is 0.540. The zero-order valence-corrected chi connectivity index (χ0v) is 15.5. The second kappa shape index (κ2) is 6.97. The van der Waals surface area contributed by atoms with E-state index in [2.05, 4.69) is 27.4 Å². The van der Waals surface area contributed by atoms with Crippen LogP contribution in [0.25, 0.3) is 21.3 Å². The molecule has 1 aromatic carbocycles. The van der Waals surface area contributed by atoms with Crippen molar-refractivity contribution in [3.63, 3.8) is 0 Å². The van der Waals surface area contributed by atoms with E-state index in [0.717, 1.165) is 17.5 Å². The number of nitrogens with zero attached hydrogens (tertiary/aromatic N) is 6. The van der Waals surface area contributed by atoms with Gasteiger partial charge in [-0.1, -0.05) is 30.7 Å². The molecule has 3 aromatic heterocycles. The third-order valence-electron chi connectivity index (χ3n) is 4.07. The van der Waals surface area contributed by atoms with Gasteiger partial charge in [0.25, 0.3) is 5.56 Å². The van der Waals surface area contributed by atoms with Gasteiger partial charge in [0.05, 0.1) is 18.3 Å². The molecule has 0 aliphatic rings. The van der Waals surface area contributed by atoms with Crippen molar-refractivity contribution in [2.75, 3.05) is 0 Å². The molecule has 0 atom stereocenters. The first-order chi connectivity index (χ1) is 12.7. The average molecular weight is 387 g/mol. The molecule has 9 heteroatoms. The second-order valence-electron chi connectivity index (χ2n) is 5.83. The van der Waals surface area contributed by atoms with Crippen molar-refractivity contribution in [1.82, 2.24) is 29.8 Å². The van der Waals surface area contributed by atoms with Gasteiger partial charge in [0.15, 0.2) is 5.82 Å². The number of hydrogen-bond donors (Lipinski definition) is 0. The Morgan fingerprint density at radius 1 is 1.23 bits per heavy atom. The minimum Gasteiger partial charge on any atom is -0.291 e. The van der Waals surface area contributed by atoms with Crippen molar-refractivity contribution in [2.24, 2.45) is 0 Å². The summed E-state index contributed by atoms with van der Waals surface area (Å²) in [5.74, 6) is 0.637. The van der Waals surface area contributed by atoms with Crippen LogP contribution in [-0.4, -0.2) is 29.8 Å². The molecule has 3 heterocycles. The fourth-order valence-corrected chi connectivity index (χ4v) is 3.83. The molecule has 132 valence electrons. The Kier molecular flexibility index (Phi) is 4.52. The average Bonchev–Trinajstić information content (AvgIpc) is 3.26. The van der Waals surface area contributed by atoms with Gasteiger partial charge in [-0.2, -0.15) is 0 Å². The summed E-state index contributed by atoms with van der Waals surface area (Å²) in [7, 11) is 0. The Bertz CT molecular complexity index is 1110. The number of thiophene rings is 1. The summed E-state index contributed by atoms with van der Waals surface area (Å²) < 4.78 is 3.26. The topological polar surface area (TPSA) is 78.5 Å². The standard InChI is InChI=1S/C17H15ClN6OS/c1-2-7-24-14(20-21-22-24)8-23-10-19-16-15(17(23)25)13(9-26-16)11-3-5-12(18)6-4-11/h3-6,9-10H,2,7-8H2,1H3. The number of rotatable bonds is 5. The van der Waals surface area contributed by atoms with Gasteiger partial charge >= 0.3 is 0 Å². The maximum Gasteiger partial charge on any atom is 0.263 e. The fourth-order valence-electron chi connectivity index (χ4n) is 2.80. The Balaban J connectivity index is 1.79. The molecule has 0 aliphatic carbocycles. The van der Waals surface area contributed by atoms with Crippen LogP contribution in [0.4, 0.5) is 0 Å². The Hall–Kier alpha value is -2.58. The van der Waals surface area contributed by atoms with Crippen LogP contribution in [0.1, 0.15) is 19.2 Å². The monoisotopic (exact) mass is 386 g/mol. The summed E-state index contributed by atoms with van der Waals surface area (Å²) in [6, 6.07) is 7.44. The van der Waals surface area contributed by atoms with Gasteiger partial charge in [-0.25, -0.2) is 9.67 Å². The van der Waals surface area contributed by atoms with E-state index in [1.54, 1.807) is 15.6 Å². The zero-order valence-electron chi connectivity index (χ0n) is 14.0. The van der Waals surface area contributed by atoms with Crippen molar-refractivity contribution in [2.45, 2.75) is 26.4 Å². The molecule has 0 radical (unpaired) electrons. The van der Waals surface area contributed by atoms with Gasteiger partial charge in [0, 0.05) is 22.5 Å². The number of aromatic nitrogens is 6. The number of fused-ring (bicyclic) bond motifs is 1. The molecule has 0 N–H and O–H groups in total. The molecule has 0 saturated heterocycles. The van der Waals surface area contributed by atoms with E-state index in [1.165, 1.54) is 11.3 Å². The smallest absolute Gasteiger partial charge is 0.263 e. The fraction of sp³-hybridized carbons (Fsp3) is 0.235. The summed E-state index contributed by atoms with van der Waals surface area (Å²) in [4.78, 5) is 18.2. The van der Waals surface area contributed by atoms with Crippen molar-refractivity contribution < 1.29 is 0 Å². The molecule has 0 aliphatic heterocycles. The lowest BCUT2D eigenvalue weighted by Crippen LogP contribution is -2.23. The summed E-state index contributed by atoms with van der Waals surface area (Å²) in [5.41, 5.74) is 1.70. The maximum absolute atomic E-state index is 13.1. The van der Waals surface area contributed by atoms with Crippen molar-refractivity contribution >= 4 is 33.2 Å². The molecular formula is C17H15ClN6OS. The first-order valence-corrected chi connectivity index (χ1v) is 9.40. The van der Waals surface area contributed by atoms with Crippen LogP contribution < -0.4 is 5.56 Å². The minimum absolute atomic E-state index is 0.104. The first-order valence-electron chi connectivity index (χ1n) is 8.15. The first kappa shape index (κ1) is 16.9. The normalized spacial score (nSPS) is 11.3. The van der Waals surface area contributed by atoms with Crippen molar-refractivity contribution in [1.29, 1.82) is 0 Å². The van der Waals surface area contributed by atoms with Crippen LogP contribution in [0, 0.1) is 0 Å². The number of tetrazole rings is 1. The molecular weight excluding hydrogens is 372 g/mol. The summed E-state index contributed by atoms with van der Waals surface area (Å²) in [6.45, 7) is 3.04. The van der Waals surface area contributed by atoms with Gasteiger partial charge in [-0.15, -0.1) is 16.4 Å². The predicted octanol–water partition coefficient (Wildman–Crippen LogP) is 3.22. The van der Waals surface area contributed by atoms with E-state index in [-0.39, 0.29) is 12.1 Å². The van der Waals surface area contributed by atoms with Gasteiger partial charge in [0.1, 0.15) is 4.83 Å². The van der Waals surface area contributed by atoms with E-state index in [4.69, 9.17) is 11.6 Å². The highest BCUT2D eigenvalue weighted by atomic mass is 35.5. The summed E-state index contributed by atoms with van der Waals surface area (Å²) in [6.07, 6.45) is 2.47. The molecule has 0 fully saturated rings. The van der Waals surface area contributed by atoms with Gasteiger partial charge in [-0.3, -0.25) is 9.36 Å². The Labute approximate surface area is 157 Å². The maximum atomic E-state index is 13.1. The lowest BCUT2D eigenvalue weighted by atomic mass is 10.1. The summed E-state index contributed by atoms with van der Waals surface area (Å²) in [5, 5.41) is 14.9. The molecule has 4 aromatic rings. The van der Waals surface area contributed by atoms with E-state index >= 15 is 0 Å². The SMILES string of the molecule is CCCn1nnnc1Cn1cnc2scc(-c3ccc(Cl)cc3)c2c1=O. The van der Waals surface area contributed by atoms with Crippen LogP contribution in [0.15, 0.2) is 40.8 Å². The van der Waals surface area contributed by atoms with Gasteiger partial charge in [-0.05, 0) is 34.5 Å². The second-order valence-corrected chi connectivity index (χ2v) is 7.13. The van der Waals surface area contributed by atoms with E-state index < -0.39 is 0 Å². The number of hydrogen-bond acceptors (Lipinski definition) is 6. The summed E-state index contributed by atoms with van der Waals surface area (Å²) >= 11 is 7.42. The minimum atomic E-state index is -0.104. The number of benzene rings is 1. The molecule has 0 unspecified atom stereocenters. The predicted molar refractivity (Wildman–Crippen MR) is 102 cm³/mol. The van der Waals surface area contributed by atoms with Crippen LogP contribution in [0.3, 0.4) is 0 Å². The molecule has 0 bridgehead atoms. The largest absolute Gasteiger partial charge is 0.291 e. The molecule has 0 spiro atoms. The molecule has 7 nitrogen and oxygen atoms in total. The number of halogens is 1. The molecule has 26 heavy (non-hydrogen) atoms. The number of aryl methyl sites for hydroxylation is 1. The van der Waals surface area contributed by atoms with Crippen LogP contribution in [0.5, 0.6) is 0 Å².